The van der Waals surface area contributed by atoms with Gasteiger partial charge in [0.05, 0.1) is 15.9 Å². The lowest BCUT2D eigenvalue weighted by atomic mass is 10.1. The van der Waals surface area contributed by atoms with Crippen molar-refractivity contribution in [3.05, 3.63) is 39.4 Å². The third-order valence-electron chi connectivity index (χ3n) is 2.92. The number of carboxylic acid groups (broad SMARTS) is 1. The molecule has 0 atom stereocenters. The van der Waals surface area contributed by atoms with Crippen molar-refractivity contribution < 1.29 is 14.3 Å². The second-order valence-corrected chi connectivity index (χ2v) is 5.26. The molecule has 1 N–H and O–H groups in total. The van der Waals surface area contributed by atoms with Gasteiger partial charge in [0.1, 0.15) is 5.82 Å². The number of aromatic nitrogens is 3. The number of nitrogens with zero attached hydrogens (tertiary/aromatic N) is 3. The first kappa shape index (κ1) is 14.6. The fourth-order valence-corrected chi connectivity index (χ4v) is 2.44. The van der Waals surface area contributed by atoms with Gasteiger partial charge in [0, 0.05) is 6.07 Å². The molecule has 0 unspecified atom stereocenters. The van der Waals surface area contributed by atoms with Gasteiger partial charge in [-0.15, -0.1) is 5.10 Å². The maximum atomic E-state index is 13.7. The van der Waals surface area contributed by atoms with E-state index in [1.165, 1.54) is 10.7 Å². The Morgan fingerprint density at radius 2 is 2.20 bits per heavy atom. The van der Waals surface area contributed by atoms with Crippen molar-refractivity contribution in [2.75, 3.05) is 0 Å². The van der Waals surface area contributed by atoms with E-state index >= 15 is 0 Å². The van der Waals surface area contributed by atoms with Gasteiger partial charge in [0.15, 0.2) is 5.69 Å². The van der Waals surface area contributed by atoms with Crippen LogP contribution in [0.15, 0.2) is 16.6 Å². The minimum absolute atomic E-state index is 0.0884. The van der Waals surface area contributed by atoms with Crippen LogP contribution in [0.1, 0.15) is 35.1 Å². The van der Waals surface area contributed by atoms with Gasteiger partial charge in [-0.25, -0.2) is 13.9 Å². The average molecular weight is 342 g/mol. The minimum atomic E-state index is -1.13. The van der Waals surface area contributed by atoms with E-state index in [4.69, 9.17) is 5.11 Å². The normalized spacial score (nSPS) is 10.8. The minimum Gasteiger partial charge on any atom is -0.476 e. The standard InChI is InChI=1S/C13H13BrFN3O2/c1-3-4-10-12(13(19)20)16-17-18(10)11-6-9(15)8(14)5-7(11)2/h5-6H,3-4H2,1-2H3,(H,19,20). The van der Waals surface area contributed by atoms with E-state index in [1.54, 1.807) is 13.0 Å². The van der Waals surface area contributed by atoms with Gasteiger partial charge in [0.2, 0.25) is 0 Å². The SMILES string of the molecule is CCCc1c(C(=O)O)nnn1-c1cc(F)c(Br)cc1C. The average Bonchev–Trinajstić information content (AvgIpc) is 2.78. The number of hydrogen-bond donors (Lipinski definition) is 1. The van der Waals surface area contributed by atoms with Gasteiger partial charge in [-0.05, 0) is 40.9 Å². The lowest BCUT2D eigenvalue weighted by Gasteiger charge is -2.10. The van der Waals surface area contributed by atoms with Crippen LogP contribution in [0.4, 0.5) is 4.39 Å². The highest BCUT2D eigenvalue weighted by atomic mass is 79.9. The van der Waals surface area contributed by atoms with Crippen molar-refractivity contribution in [3.63, 3.8) is 0 Å². The Kier molecular flexibility index (Phi) is 4.17. The van der Waals surface area contributed by atoms with E-state index in [0.29, 0.717) is 22.3 Å². The summed E-state index contributed by atoms with van der Waals surface area (Å²) < 4.78 is 15.5. The topological polar surface area (TPSA) is 68.0 Å². The molecular weight excluding hydrogens is 329 g/mol. The zero-order valence-electron chi connectivity index (χ0n) is 11.0. The molecule has 0 radical (unpaired) electrons. The number of hydrogen-bond acceptors (Lipinski definition) is 3. The predicted octanol–water partition coefficient (Wildman–Crippen LogP) is 3.13. The Morgan fingerprint density at radius 3 is 2.80 bits per heavy atom. The van der Waals surface area contributed by atoms with Crippen molar-refractivity contribution in [3.8, 4) is 5.69 Å². The van der Waals surface area contributed by atoms with Crippen molar-refractivity contribution >= 4 is 21.9 Å². The second-order valence-electron chi connectivity index (χ2n) is 4.40. The maximum Gasteiger partial charge on any atom is 0.358 e. The number of halogens is 2. The van der Waals surface area contributed by atoms with Crippen LogP contribution in [-0.2, 0) is 6.42 Å². The van der Waals surface area contributed by atoms with Gasteiger partial charge in [-0.3, -0.25) is 0 Å². The van der Waals surface area contributed by atoms with E-state index in [9.17, 15) is 9.18 Å². The first-order chi connectivity index (χ1) is 9.45. The van der Waals surface area contributed by atoms with Gasteiger partial charge < -0.3 is 5.11 Å². The number of rotatable bonds is 4. The lowest BCUT2D eigenvalue weighted by molar-refractivity contribution is 0.0689. The molecule has 2 aromatic rings. The van der Waals surface area contributed by atoms with Crippen LogP contribution in [0, 0.1) is 12.7 Å². The third kappa shape index (κ3) is 2.58. The molecule has 0 saturated carbocycles. The smallest absolute Gasteiger partial charge is 0.358 e. The van der Waals surface area contributed by atoms with Gasteiger partial charge in [-0.1, -0.05) is 18.6 Å². The van der Waals surface area contributed by atoms with Crippen molar-refractivity contribution in [1.82, 2.24) is 15.0 Å². The molecule has 0 bridgehead atoms. The highest BCUT2D eigenvalue weighted by Gasteiger charge is 2.20. The van der Waals surface area contributed by atoms with E-state index in [1.807, 2.05) is 6.92 Å². The molecule has 0 amide bonds. The van der Waals surface area contributed by atoms with Crippen molar-refractivity contribution in [2.24, 2.45) is 0 Å². The van der Waals surface area contributed by atoms with Crippen LogP contribution in [0.3, 0.4) is 0 Å². The third-order valence-corrected chi connectivity index (χ3v) is 3.53. The summed E-state index contributed by atoms with van der Waals surface area (Å²) in [6.07, 6.45) is 1.25. The summed E-state index contributed by atoms with van der Waals surface area (Å²) in [6.45, 7) is 3.73. The number of aryl methyl sites for hydroxylation is 1. The predicted molar refractivity (Wildman–Crippen MR) is 74.7 cm³/mol. The molecule has 1 aromatic carbocycles. The Balaban J connectivity index is 2.63. The Hall–Kier alpha value is -1.76. The molecule has 0 saturated heterocycles. The highest BCUT2D eigenvalue weighted by molar-refractivity contribution is 9.10. The first-order valence-electron chi connectivity index (χ1n) is 6.09. The largest absolute Gasteiger partial charge is 0.476 e. The Morgan fingerprint density at radius 1 is 1.50 bits per heavy atom. The summed E-state index contributed by atoms with van der Waals surface area (Å²) in [7, 11) is 0. The highest BCUT2D eigenvalue weighted by Crippen LogP contribution is 2.24. The summed E-state index contributed by atoms with van der Waals surface area (Å²) in [5.74, 6) is -1.56. The molecule has 0 fully saturated rings. The van der Waals surface area contributed by atoms with E-state index in [2.05, 4.69) is 26.2 Å². The van der Waals surface area contributed by atoms with Crippen molar-refractivity contribution in [2.45, 2.75) is 26.7 Å². The summed E-state index contributed by atoms with van der Waals surface area (Å²) in [5.41, 5.74) is 1.66. The van der Waals surface area contributed by atoms with Crippen LogP contribution < -0.4 is 0 Å². The van der Waals surface area contributed by atoms with Crippen LogP contribution in [0.5, 0.6) is 0 Å². The monoisotopic (exact) mass is 341 g/mol. The van der Waals surface area contributed by atoms with Gasteiger partial charge in [-0.2, -0.15) is 0 Å². The molecule has 0 aliphatic carbocycles. The fourth-order valence-electron chi connectivity index (χ4n) is 1.99. The number of carboxylic acids is 1. The molecule has 106 valence electrons. The molecule has 1 heterocycles. The summed E-state index contributed by atoms with van der Waals surface area (Å²) >= 11 is 3.12. The van der Waals surface area contributed by atoms with Crippen LogP contribution in [-0.4, -0.2) is 26.1 Å². The molecular formula is C13H13BrFN3O2. The summed E-state index contributed by atoms with van der Waals surface area (Å²) in [6, 6.07) is 2.95. The van der Waals surface area contributed by atoms with E-state index in [-0.39, 0.29) is 5.69 Å². The molecule has 20 heavy (non-hydrogen) atoms. The van der Waals surface area contributed by atoms with Crippen LogP contribution in [0.25, 0.3) is 5.69 Å². The first-order valence-corrected chi connectivity index (χ1v) is 6.88. The van der Waals surface area contributed by atoms with Gasteiger partial charge >= 0.3 is 5.97 Å². The molecule has 2 rings (SSSR count). The number of benzene rings is 1. The second kappa shape index (κ2) is 5.70. The number of carbonyl (C=O) groups is 1. The summed E-state index contributed by atoms with van der Waals surface area (Å²) in [5, 5.41) is 16.7. The molecule has 7 heteroatoms. The molecule has 5 nitrogen and oxygen atoms in total. The molecule has 1 aromatic heterocycles. The molecule has 0 aliphatic rings. The van der Waals surface area contributed by atoms with E-state index < -0.39 is 11.8 Å². The molecule has 0 aliphatic heterocycles. The van der Waals surface area contributed by atoms with Gasteiger partial charge in [0.25, 0.3) is 0 Å². The quantitative estimate of drug-likeness (QED) is 0.927. The fraction of sp³-hybridized carbons (Fsp3) is 0.308. The lowest BCUT2D eigenvalue weighted by Crippen LogP contribution is -2.08. The van der Waals surface area contributed by atoms with E-state index in [0.717, 1.165) is 12.0 Å². The molecule has 0 spiro atoms. The van der Waals surface area contributed by atoms with Crippen LogP contribution >= 0.6 is 15.9 Å². The maximum absolute atomic E-state index is 13.7. The Bertz CT molecular complexity index is 670. The zero-order valence-corrected chi connectivity index (χ0v) is 12.6. The summed E-state index contributed by atoms with van der Waals surface area (Å²) in [4.78, 5) is 11.1. The van der Waals surface area contributed by atoms with Crippen LogP contribution in [0.2, 0.25) is 0 Å². The Labute approximate surface area is 123 Å². The zero-order chi connectivity index (χ0) is 14.9. The van der Waals surface area contributed by atoms with Crippen molar-refractivity contribution in [1.29, 1.82) is 0 Å². The number of aromatic carboxylic acids is 1.